The molecular formula is C21H21ClN2O4S2. The number of sulfonamides is 1. The summed E-state index contributed by atoms with van der Waals surface area (Å²) in [6, 6.07) is 16.6. The second-order valence-corrected chi connectivity index (χ2v) is 11.0. The van der Waals surface area contributed by atoms with Gasteiger partial charge in [0.05, 0.1) is 16.2 Å². The Morgan fingerprint density at radius 1 is 0.967 bits per heavy atom. The summed E-state index contributed by atoms with van der Waals surface area (Å²) in [7, 11) is -7.20. The lowest BCUT2D eigenvalue weighted by Crippen LogP contribution is -2.25. The topological polar surface area (TPSA) is 93.2 Å². The van der Waals surface area contributed by atoms with Crippen molar-refractivity contribution in [2.24, 2.45) is 0 Å². The molecule has 0 bridgehead atoms. The third-order valence-electron chi connectivity index (χ3n) is 4.50. The number of pyridine rings is 1. The van der Waals surface area contributed by atoms with Gasteiger partial charge < -0.3 is 0 Å². The van der Waals surface area contributed by atoms with Gasteiger partial charge in [-0.25, -0.2) is 26.5 Å². The van der Waals surface area contributed by atoms with Crippen LogP contribution < -0.4 is 4.72 Å². The van der Waals surface area contributed by atoms with Crippen LogP contribution in [-0.4, -0.2) is 28.1 Å². The van der Waals surface area contributed by atoms with Crippen molar-refractivity contribution in [2.45, 2.75) is 29.3 Å². The average Bonchev–Trinajstić information content (AvgIpc) is 2.68. The van der Waals surface area contributed by atoms with Crippen molar-refractivity contribution in [1.29, 1.82) is 0 Å². The van der Waals surface area contributed by atoms with Crippen LogP contribution in [-0.2, 0) is 26.3 Å². The first kappa shape index (κ1) is 22.4. The Labute approximate surface area is 181 Å². The summed E-state index contributed by atoms with van der Waals surface area (Å²) in [4.78, 5) is 4.14. The minimum atomic E-state index is -3.88. The zero-order chi connectivity index (χ0) is 21.9. The summed E-state index contributed by atoms with van der Waals surface area (Å²) in [6.45, 7) is 1.76. The van der Waals surface area contributed by atoms with E-state index in [-0.39, 0.29) is 21.0 Å². The lowest BCUT2D eigenvalue weighted by atomic mass is 10.0. The van der Waals surface area contributed by atoms with Crippen LogP contribution in [0.1, 0.15) is 29.7 Å². The summed E-state index contributed by atoms with van der Waals surface area (Å²) in [5.74, 6) is 0. The number of nitrogens with zero attached hydrogens (tertiary/aromatic N) is 1. The Hall–Kier alpha value is -2.26. The first-order valence-electron chi connectivity index (χ1n) is 9.07. The van der Waals surface area contributed by atoms with E-state index >= 15 is 0 Å². The Morgan fingerprint density at radius 2 is 1.63 bits per heavy atom. The molecule has 1 aromatic heterocycles. The third kappa shape index (κ3) is 5.26. The van der Waals surface area contributed by atoms with Crippen molar-refractivity contribution in [2.75, 3.05) is 6.26 Å². The smallest absolute Gasteiger partial charge is 0.225 e. The summed E-state index contributed by atoms with van der Waals surface area (Å²) >= 11 is 6.11. The zero-order valence-corrected chi connectivity index (χ0v) is 18.8. The number of rotatable bonds is 7. The molecule has 0 aliphatic rings. The molecule has 3 rings (SSSR count). The monoisotopic (exact) mass is 464 g/mol. The SMILES string of the molecule is C[C@H](NS(C)(=O)=O)c1ccc(Cc2cccnc2S(=O)(=O)c2ccccc2Cl)cc1. The number of hydrogen-bond acceptors (Lipinski definition) is 5. The van der Waals surface area contributed by atoms with Crippen molar-refractivity contribution in [3.05, 3.63) is 88.6 Å². The molecule has 0 radical (unpaired) electrons. The second kappa shape index (κ2) is 8.85. The van der Waals surface area contributed by atoms with Gasteiger partial charge in [0.2, 0.25) is 19.9 Å². The predicted octanol–water partition coefficient (Wildman–Crippen LogP) is 3.77. The lowest BCUT2D eigenvalue weighted by Gasteiger charge is -2.14. The normalized spacial score (nSPS) is 13.2. The highest BCUT2D eigenvalue weighted by Gasteiger charge is 2.25. The number of halogens is 1. The van der Waals surface area contributed by atoms with Gasteiger partial charge in [-0.05, 0) is 41.8 Å². The highest BCUT2D eigenvalue weighted by Crippen LogP contribution is 2.29. The Balaban J connectivity index is 1.90. The van der Waals surface area contributed by atoms with Gasteiger partial charge in [-0.1, -0.05) is 54.1 Å². The van der Waals surface area contributed by atoms with E-state index in [2.05, 4.69) is 9.71 Å². The van der Waals surface area contributed by atoms with E-state index < -0.39 is 19.9 Å². The Kier molecular flexibility index (Phi) is 6.62. The van der Waals surface area contributed by atoms with Gasteiger partial charge in [0.25, 0.3) is 0 Å². The molecule has 1 atom stereocenters. The third-order valence-corrected chi connectivity index (χ3v) is 7.53. The summed E-state index contributed by atoms with van der Waals surface area (Å²) in [6.07, 6.45) is 2.90. The second-order valence-electron chi connectivity index (χ2n) is 6.93. The highest BCUT2D eigenvalue weighted by atomic mass is 35.5. The molecule has 0 aliphatic heterocycles. The summed E-state index contributed by atoms with van der Waals surface area (Å²) in [5, 5.41) is 0.111. The van der Waals surface area contributed by atoms with Gasteiger partial charge in [-0.2, -0.15) is 0 Å². The van der Waals surface area contributed by atoms with Gasteiger partial charge in [0, 0.05) is 18.7 Å². The largest absolute Gasteiger partial charge is 0.244 e. The standard InChI is InChI=1S/C21H21ClN2O4S2/c1-15(24-29(2,25)26)17-11-9-16(10-12-17)14-18-6-5-13-23-21(18)30(27,28)20-8-4-3-7-19(20)22/h3-13,15,24H,14H2,1-2H3/t15-/m0/s1. The fourth-order valence-corrected chi connectivity index (χ4v) is 5.80. The van der Waals surface area contributed by atoms with Crippen molar-refractivity contribution in [1.82, 2.24) is 9.71 Å². The zero-order valence-electron chi connectivity index (χ0n) is 16.4. The van der Waals surface area contributed by atoms with E-state index in [1.165, 1.54) is 18.3 Å². The summed E-state index contributed by atoms with van der Waals surface area (Å²) in [5.41, 5.74) is 2.22. The van der Waals surface area contributed by atoms with E-state index in [0.717, 1.165) is 17.4 Å². The minimum Gasteiger partial charge on any atom is -0.244 e. The maximum absolute atomic E-state index is 13.1. The van der Waals surface area contributed by atoms with Gasteiger partial charge in [0.15, 0.2) is 5.03 Å². The molecule has 0 amide bonds. The van der Waals surface area contributed by atoms with Crippen LogP contribution in [0.5, 0.6) is 0 Å². The Morgan fingerprint density at radius 3 is 2.27 bits per heavy atom. The van der Waals surface area contributed by atoms with E-state index in [1.807, 2.05) is 24.3 Å². The van der Waals surface area contributed by atoms with Crippen LogP contribution in [0, 0.1) is 0 Å². The van der Waals surface area contributed by atoms with Gasteiger partial charge in [0.1, 0.15) is 0 Å². The number of sulfone groups is 1. The molecule has 1 heterocycles. The lowest BCUT2D eigenvalue weighted by molar-refractivity contribution is 0.573. The fourth-order valence-electron chi connectivity index (χ4n) is 3.10. The number of benzene rings is 2. The predicted molar refractivity (Wildman–Crippen MR) is 117 cm³/mol. The van der Waals surface area contributed by atoms with Crippen LogP contribution >= 0.6 is 11.6 Å². The average molecular weight is 465 g/mol. The molecule has 158 valence electrons. The van der Waals surface area contributed by atoms with E-state index in [9.17, 15) is 16.8 Å². The number of hydrogen-bond donors (Lipinski definition) is 1. The fraction of sp³-hybridized carbons (Fsp3) is 0.190. The molecule has 0 unspecified atom stereocenters. The van der Waals surface area contributed by atoms with Crippen molar-refractivity contribution in [3.63, 3.8) is 0 Å². The summed E-state index contributed by atoms with van der Waals surface area (Å²) < 4.78 is 51.6. The minimum absolute atomic E-state index is 0.0163. The van der Waals surface area contributed by atoms with Gasteiger partial charge >= 0.3 is 0 Å². The maximum Gasteiger partial charge on any atom is 0.225 e. The van der Waals surface area contributed by atoms with Crippen LogP contribution in [0.25, 0.3) is 0 Å². The van der Waals surface area contributed by atoms with Crippen molar-refractivity contribution >= 4 is 31.5 Å². The van der Waals surface area contributed by atoms with Crippen LogP contribution in [0.15, 0.2) is 76.8 Å². The molecule has 1 N–H and O–H groups in total. The van der Waals surface area contributed by atoms with Crippen LogP contribution in [0.3, 0.4) is 0 Å². The van der Waals surface area contributed by atoms with Gasteiger partial charge in [-0.15, -0.1) is 0 Å². The Bertz CT molecular complexity index is 1260. The molecule has 30 heavy (non-hydrogen) atoms. The molecule has 0 spiro atoms. The number of aromatic nitrogens is 1. The quantitative estimate of drug-likeness (QED) is 0.574. The van der Waals surface area contributed by atoms with Crippen molar-refractivity contribution < 1.29 is 16.8 Å². The molecule has 0 saturated heterocycles. The molecule has 0 aliphatic carbocycles. The molecule has 0 saturated carbocycles. The molecule has 9 heteroatoms. The maximum atomic E-state index is 13.1. The van der Waals surface area contributed by atoms with Crippen LogP contribution in [0.4, 0.5) is 0 Å². The van der Waals surface area contributed by atoms with Crippen molar-refractivity contribution in [3.8, 4) is 0 Å². The van der Waals surface area contributed by atoms with Crippen LogP contribution in [0.2, 0.25) is 5.02 Å². The molecular weight excluding hydrogens is 444 g/mol. The first-order chi connectivity index (χ1) is 14.1. The van der Waals surface area contributed by atoms with E-state index in [1.54, 1.807) is 31.2 Å². The molecule has 3 aromatic rings. The molecule has 6 nitrogen and oxygen atoms in total. The highest BCUT2D eigenvalue weighted by molar-refractivity contribution is 7.91. The number of nitrogens with one attached hydrogen (secondary N) is 1. The first-order valence-corrected chi connectivity index (χ1v) is 12.8. The van der Waals surface area contributed by atoms with E-state index in [0.29, 0.717) is 12.0 Å². The molecule has 2 aromatic carbocycles. The van der Waals surface area contributed by atoms with E-state index in [4.69, 9.17) is 11.6 Å². The van der Waals surface area contributed by atoms with Gasteiger partial charge in [-0.3, -0.25) is 0 Å². The molecule has 0 fully saturated rings.